The second kappa shape index (κ2) is 9.99. The first-order valence-electron chi connectivity index (χ1n) is 11.8. The van der Waals surface area contributed by atoms with E-state index in [0.717, 1.165) is 24.2 Å². The quantitative estimate of drug-likeness (QED) is 0.611. The summed E-state index contributed by atoms with van der Waals surface area (Å²) in [7, 11) is 0. The minimum absolute atomic E-state index is 0.110. The predicted molar refractivity (Wildman–Crippen MR) is 136 cm³/mol. The van der Waals surface area contributed by atoms with Crippen molar-refractivity contribution in [3.63, 3.8) is 0 Å². The van der Waals surface area contributed by atoms with E-state index in [-0.39, 0.29) is 18.0 Å². The van der Waals surface area contributed by atoms with Gasteiger partial charge in [-0.2, -0.15) is 0 Å². The average molecular weight is 475 g/mol. The zero-order chi connectivity index (χ0) is 23.5. The summed E-state index contributed by atoms with van der Waals surface area (Å²) in [6.45, 7) is 5.50. The van der Waals surface area contributed by atoms with Crippen molar-refractivity contribution < 1.29 is 9.59 Å². The first kappa shape index (κ1) is 22.6. The topological polar surface area (TPSA) is 55.9 Å². The van der Waals surface area contributed by atoms with E-state index in [2.05, 4.69) is 45.9 Å². The minimum atomic E-state index is -0.110. The number of piperazine rings is 1. The van der Waals surface area contributed by atoms with Gasteiger partial charge in [-0.3, -0.25) is 9.69 Å². The molecule has 3 amide bonds. The van der Waals surface area contributed by atoms with Crippen molar-refractivity contribution in [3.05, 3.63) is 87.6 Å². The molecule has 3 heterocycles. The first-order chi connectivity index (χ1) is 16.6. The van der Waals surface area contributed by atoms with Crippen LogP contribution in [0.4, 0.5) is 10.5 Å². The lowest BCUT2D eigenvalue weighted by Crippen LogP contribution is -2.54. The number of benzene rings is 2. The van der Waals surface area contributed by atoms with Crippen LogP contribution in [0.5, 0.6) is 0 Å². The van der Waals surface area contributed by atoms with Gasteiger partial charge in [0.25, 0.3) is 0 Å². The van der Waals surface area contributed by atoms with E-state index in [9.17, 15) is 9.59 Å². The molecule has 0 aliphatic carbocycles. The Morgan fingerprint density at radius 3 is 2.35 bits per heavy atom. The molecule has 7 heteroatoms. The summed E-state index contributed by atoms with van der Waals surface area (Å²) in [4.78, 5) is 33.3. The highest BCUT2D eigenvalue weighted by Crippen LogP contribution is 2.37. The van der Waals surface area contributed by atoms with Crippen molar-refractivity contribution in [2.75, 3.05) is 44.6 Å². The van der Waals surface area contributed by atoms with Gasteiger partial charge < -0.3 is 15.1 Å². The second-order valence-electron chi connectivity index (χ2n) is 9.00. The Balaban J connectivity index is 1.19. The Bertz CT molecular complexity index is 1140. The van der Waals surface area contributed by atoms with Gasteiger partial charge in [0.2, 0.25) is 5.91 Å². The molecule has 176 valence electrons. The lowest BCUT2D eigenvalue weighted by molar-refractivity contribution is -0.134. The molecule has 0 radical (unpaired) electrons. The van der Waals surface area contributed by atoms with Crippen molar-refractivity contribution in [2.24, 2.45) is 0 Å². The number of rotatable bonds is 4. The highest BCUT2D eigenvalue weighted by atomic mass is 32.1. The van der Waals surface area contributed by atoms with Gasteiger partial charge in [-0.15, -0.1) is 11.3 Å². The first-order valence-corrected chi connectivity index (χ1v) is 12.7. The van der Waals surface area contributed by atoms with Crippen LogP contribution in [0.15, 0.2) is 66.0 Å². The molecule has 0 spiro atoms. The summed E-state index contributed by atoms with van der Waals surface area (Å²) >= 11 is 1.81. The number of thiophene rings is 1. The Morgan fingerprint density at radius 1 is 0.912 bits per heavy atom. The van der Waals surface area contributed by atoms with Crippen LogP contribution in [0.2, 0.25) is 0 Å². The van der Waals surface area contributed by atoms with Crippen molar-refractivity contribution in [3.8, 4) is 0 Å². The van der Waals surface area contributed by atoms with Crippen LogP contribution in [0.1, 0.15) is 27.6 Å². The number of amides is 3. The molecule has 1 aromatic heterocycles. The maximum atomic E-state index is 13.3. The Kier molecular flexibility index (Phi) is 6.65. The summed E-state index contributed by atoms with van der Waals surface area (Å²) in [6.07, 6.45) is 0.983. The molecule has 1 unspecified atom stereocenters. The molecule has 1 fully saturated rings. The average Bonchev–Trinajstić information content (AvgIpc) is 3.35. The second-order valence-corrected chi connectivity index (χ2v) is 10.00. The molecule has 2 aliphatic rings. The van der Waals surface area contributed by atoms with E-state index in [1.54, 1.807) is 4.90 Å². The zero-order valence-electron chi connectivity index (χ0n) is 19.4. The normalized spacial score (nSPS) is 18.4. The summed E-state index contributed by atoms with van der Waals surface area (Å²) in [5.74, 6) is 0.137. The Morgan fingerprint density at radius 2 is 1.62 bits per heavy atom. The van der Waals surface area contributed by atoms with Gasteiger partial charge in [0.1, 0.15) is 0 Å². The van der Waals surface area contributed by atoms with Crippen LogP contribution in [0.25, 0.3) is 0 Å². The van der Waals surface area contributed by atoms with E-state index in [0.29, 0.717) is 32.7 Å². The fourth-order valence-corrected chi connectivity index (χ4v) is 5.74. The molecule has 34 heavy (non-hydrogen) atoms. The molecule has 1 N–H and O–H groups in total. The van der Waals surface area contributed by atoms with E-state index in [1.807, 2.05) is 53.5 Å². The molecule has 1 saturated heterocycles. The van der Waals surface area contributed by atoms with Crippen LogP contribution in [0, 0.1) is 6.92 Å². The summed E-state index contributed by atoms with van der Waals surface area (Å²) in [5.41, 5.74) is 4.50. The van der Waals surface area contributed by atoms with Crippen molar-refractivity contribution in [2.45, 2.75) is 19.4 Å². The minimum Gasteiger partial charge on any atom is -0.338 e. The Labute approximate surface area is 204 Å². The van der Waals surface area contributed by atoms with Gasteiger partial charge in [0, 0.05) is 43.3 Å². The molecule has 6 nitrogen and oxygen atoms in total. The van der Waals surface area contributed by atoms with Crippen molar-refractivity contribution >= 4 is 29.0 Å². The molecule has 0 saturated carbocycles. The van der Waals surface area contributed by atoms with Crippen LogP contribution >= 0.6 is 11.3 Å². The van der Waals surface area contributed by atoms with Gasteiger partial charge in [0.05, 0.1) is 12.6 Å². The number of aryl methyl sites for hydroxylation is 1. The lowest BCUT2D eigenvalue weighted by atomic mass is 9.93. The molecule has 2 aromatic carbocycles. The van der Waals surface area contributed by atoms with Gasteiger partial charge >= 0.3 is 6.03 Å². The number of hydrogen-bond donors (Lipinski definition) is 1. The number of fused-ring (bicyclic) bond motifs is 1. The number of carbonyl (C=O) groups is 2. The van der Waals surface area contributed by atoms with Gasteiger partial charge in [-0.05, 0) is 48.1 Å². The number of anilines is 1. The van der Waals surface area contributed by atoms with Crippen LogP contribution in [-0.4, -0.2) is 65.9 Å². The maximum absolute atomic E-state index is 13.3. The van der Waals surface area contributed by atoms with Gasteiger partial charge in [-0.25, -0.2) is 4.79 Å². The molecule has 0 bridgehead atoms. The van der Waals surface area contributed by atoms with Crippen molar-refractivity contribution in [1.82, 2.24) is 14.7 Å². The van der Waals surface area contributed by atoms with Crippen LogP contribution < -0.4 is 5.32 Å². The van der Waals surface area contributed by atoms with E-state index in [4.69, 9.17) is 0 Å². The molecule has 2 aliphatic heterocycles. The van der Waals surface area contributed by atoms with Crippen LogP contribution in [0.3, 0.4) is 0 Å². The summed E-state index contributed by atoms with van der Waals surface area (Å²) in [5, 5.41) is 5.12. The predicted octanol–water partition coefficient (Wildman–Crippen LogP) is 4.38. The summed E-state index contributed by atoms with van der Waals surface area (Å²) in [6, 6.07) is 20.5. The number of carbonyl (C=O) groups excluding carboxylic acids is 2. The van der Waals surface area contributed by atoms with Crippen LogP contribution in [-0.2, 0) is 11.2 Å². The number of nitrogens with one attached hydrogen (secondary N) is 1. The van der Waals surface area contributed by atoms with E-state index in [1.165, 1.54) is 16.0 Å². The molecule has 5 rings (SSSR count). The zero-order valence-corrected chi connectivity index (χ0v) is 20.3. The molecular weight excluding hydrogens is 444 g/mol. The largest absolute Gasteiger partial charge is 0.338 e. The maximum Gasteiger partial charge on any atom is 0.321 e. The van der Waals surface area contributed by atoms with E-state index < -0.39 is 0 Å². The summed E-state index contributed by atoms with van der Waals surface area (Å²) < 4.78 is 0. The number of nitrogens with zero attached hydrogens (tertiary/aromatic N) is 3. The standard InChI is InChI=1S/C27H30N4O2S/c1-20-7-9-22(10-8-20)28-27(33)30-16-14-29(15-17-30)25(32)19-31-13-11-24-23(12-18-34-24)26(31)21-5-3-2-4-6-21/h2-10,12,18,26H,11,13-17,19H2,1H3,(H,28,33). The lowest BCUT2D eigenvalue weighted by Gasteiger charge is -2.39. The van der Waals surface area contributed by atoms with Gasteiger partial charge in [-0.1, -0.05) is 48.0 Å². The molecular formula is C27H30N4O2S. The highest BCUT2D eigenvalue weighted by molar-refractivity contribution is 7.10. The van der Waals surface area contributed by atoms with Crippen molar-refractivity contribution in [1.29, 1.82) is 0 Å². The third kappa shape index (κ3) is 4.86. The monoisotopic (exact) mass is 474 g/mol. The third-order valence-electron chi connectivity index (χ3n) is 6.74. The third-order valence-corrected chi connectivity index (χ3v) is 7.74. The van der Waals surface area contributed by atoms with E-state index >= 15 is 0 Å². The molecule has 1 atom stereocenters. The van der Waals surface area contributed by atoms with Gasteiger partial charge in [0.15, 0.2) is 0 Å². The smallest absolute Gasteiger partial charge is 0.321 e. The number of hydrogen-bond acceptors (Lipinski definition) is 4. The SMILES string of the molecule is Cc1ccc(NC(=O)N2CCN(C(=O)CN3CCc4sccc4C3c3ccccc3)CC2)cc1. The fourth-order valence-electron chi connectivity index (χ4n) is 4.84. The Hall–Kier alpha value is -3.16. The fraction of sp³-hybridized carbons (Fsp3) is 0.333. The highest BCUT2D eigenvalue weighted by Gasteiger charge is 2.32. The number of urea groups is 1. The molecule has 3 aromatic rings.